The summed E-state index contributed by atoms with van der Waals surface area (Å²) in [6.07, 6.45) is 25.9. The second-order valence-electron chi connectivity index (χ2n) is 11.0. The van der Waals surface area contributed by atoms with Crippen molar-refractivity contribution in [1.29, 1.82) is 0 Å². The van der Waals surface area contributed by atoms with Crippen molar-refractivity contribution in [3.8, 4) is 0 Å². The Morgan fingerprint density at radius 2 is 1.79 bits per heavy atom. The lowest BCUT2D eigenvalue weighted by atomic mass is 9.94. The van der Waals surface area contributed by atoms with Gasteiger partial charge in [-0.15, -0.1) is 0 Å². The van der Waals surface area contributed by atoms with E-state index in [4.69, 9.17) is 9.47 Å². The topological polar surface area (TPSA) is 52.6 Å². The first-order valence-electron chi connectivity index (χ1n) is 14.6. The normalized spacial score (nSPS) is 23.8. The van der Waals surface area contributed by atoms with Crippen LogP contribution in [0.2, 0.25) is 0 Å². The van der Waals surface area contributed by atoms with Crippen LogP contribution in [0.5, 0.6) is 0 Å². The van der Waals surface area contributed by atoms with Gasteiger partial charge in [0.05, 0.1) is 0 Å². The predicted molar refractivity (Wildman–Crippen MR) is 160 cm³/mol. The third-order valence-electron chi connectivity index (χ3n) is 6.77. The molecule has 0 aliphatic carbocycles. The number of carbonyl (C=O) groups is 2. The van der Waals surface area contributed by atoms with Crippen LogP contribution in [0.15, 0.2) is 71.4 Å². The number of allylic oxidation sites excluding steroid dienone is 10. The second kappa shape index (κ2) is 19.4. The molecule has 0 fully saturated rings. The van der Waals surface area contributed by atoms with Crippen molar-refractivity contribution in [2.24, 2.45) is 11.8 Å². The molecule has 38 heavy (non-hydrogen) atoms. The number of rotatable bonds is 11. The summed E-state index contributed by atoms with van der Waals surface area (Å²) < 4.78 is 11.5. The predicted octanol–water partition coefficient (Wildman–Crippen LogP) is 9.15. The summed E-state index contributed by atoms with van der Waals surface area (Å²) in [5.41, 5.74) is 3.37. The molecule has 1 heterocycles. The van der Waals surface area contributed by atoms with Gasteiger partial charge in [-0.3, -0.25) is 4.79 Å². The Morgan fingerprint density at radius 3 is 2.50 bits per heavy atom. The van der Waals surface area contributed by atoms with E-state index in [-0.39, 0.29) is 36.0 Å². The summed E-state index contributed by atoms with van der Waals surface area (Å²) in [6.45, 7) is 14.6. The highest BCUT2D eigenvalue weighted by atomic mass is 16.5. The van der Waals surface area contributed by atoms with E-state index in [0.717, 1.165) is 24.0 Å². The molecule has 1 aliphatic rings. The average molecular weight is 525 g/mol. The summed E-state index contributed by atoms with van der Waals surface area (Å²) in [7, 11) is 0. The molecule has 0 N–H and O–H groups in total. The van der Waals surface area contributed by atoms with Gasteiger partial charge in [0.2, 0.25) is 0 Å². The first-order valence-corrected chi connectivity index (χ1v) is 14.6. The highest BCUT2D eigenvalue weighted by molar-refractivity contribution is 5.82. The Hall–Kier alpha value is -2.62. The van der Waals surface area contributed by atoms with E-state index in [1.54, 1.807) is 6.08 Å². The molecule has 4 nitrogen and oxygen atoms in total. The number of esters is 2. The SMILES string of the molecule is CCCCC/C=C(C)/C=C/C=C(C)/C=C(C)/C=C/C(=O)O[C@H]1CCCC(=O)O[C@@H](C(C)C)C/C=C/C[C@@H]1C. The Labute approximate surface area is 232 Å². The molecule has 0 saturated carbocycles. The van der Waals surface area contributed by atoms with Gasteiger partial charge in [0.1, 0.15) is 12.2 Å². The minimum absolute atomic E-state index is 0.0840. The molecule has 0 saturated heterocycles. The van der Waals surface area contributed by atoms with Gasteiger partial charge in [0, 0.05) is 18.9 Å². The Balaban J connectivity index is 2.69. The summed E-state index contributed by atoms with van der Waals surface area (Å²) >= 11 is 0. The fourth-order valence-electron chi connectivity index (χ4n) is 4.27. The molecule has 0 unspecified atom stereocenters. The Kier molecular flexibility index (Phi) is 17.1. The lowest BCUT2D eigenvalue weighted by Gasteiger charge is -2.24. The molecule has 0 bridgehead atoms. The summed E-state index contributed by atoms with van der Waals surface area (Å²) in [4.78, 5) is 24.9. The lowest BCUT2D eigenvalue weighted by molar-refractivity contribution is -0.151. The number of hydrogen-bond acceptors (Lipinski definition) is 4. The molecule has 1 rings (SSSR count). The zero-order valence-electron chi connectivity index (χ0n) is 25.0. The van der Waals surface area contributed by atoms with E-state index < -0.39 is 0 Å². The van der Waals surface area contributed by atoms with Crippen LogP contribution in [-0.2, 0) is 19.1 Å². The van der Waals surface area contributed by atoms with Crippen molar-refractivity contribution in [3.05, 3.63) is 71.4 Å². The number of carbonyl (C=O) groups excluding carboxylic acids is 2. The number of unbranched alkanes of at least 4 members (excludes halogenated alkanes) is 3. The second-order valence-corrected chi connectivity index (χ2v) is 11.0. The van der Waals surface area contributed by atoms with E-state index in [2.05, 4.69) is 78.0 Å². The van der Waals surface area contributed by atoms with Gasteiger partial charge in [-0.25, -0.2) is 4.79 Å². The van der Waals surface area contributed by atoms with Gasteiger partial charge < -0.3 is 9.47 Å². The zero-order chi connectivity index (χ0) is 28.3. The Morgan fingerprint density at radius 1 is 1.05 bits per heavy atom. The first kappa shape index (κ1) is 33.4. The molecule has 0 aromatic rings. The maximum atomic E-state index is 12.6. The van der Waals surface area contributed by atoms with E-state index in [1.807, 2.05) is 13.0 Å². The van der Waals surface area contributed by atoms with E-state index in [9.17, 15) is 9.59 Å². The number of hydrogen-bond donors (Lipinski definition) is 0. The Bertz CT molecular complexity index is 897. The summed E-state index contributed by atoms with van der Waals surface area (Å²) in [5, 5.41) is 0. The largest absolute Gasteiger partial charge is 0.462 e. The van der Waals surface area contributed by atoms with Gasteiger partial charge in [0.15, 0.2) is 0 Å². The van der Waals surface area contributed by atoms with E-state index >= 15 is 0 Å². The van der Waals surface area contributed by atoms with Crippen LogP contribution in [0.3, 0.4) is 0 Å². The molecular formula is C34H52O4. The van der Waals surface area contributed by atoms with Crippen LogP contribution < -0.4 is 0 Å². The molecule has 0 aromatic carbocycles. The average Bonchev–Trinajstić information content (AvgIpc) is 2.85. The van der Waals surface area contributed by atoms with Crippen molar-refractivity contribution < 1.29 is 19.1 Å². The quantitative estimate of drug-likeness (QED) is 0.0889. The zero-order valence-corrected chi connectivity index (χ0v) is 25.0. The van der Waals surface area contributed by atoms with Gasteiger partial charge in [-0.05, 0) is 64.7 Å². The van der Waals surface area contributed by atoms with Crippen LogP contribution in [0.25, 0.3) is 0 Å². The standard InChI is InChI=1S/C34H52O4/c1-8-9-10-11-16-27(4)17-14-18-28(5)25-29(6)23-24-34(36)38-32-21-15-22-33(35)37-31(26(2)3)20-13-12-19-30(32)7/h12-14,16-18,23-26,30-32H,8-11,15,19-22H2,1-7H3/b13-12+,17-14+,24-23+,27-16+,28-18+,29-25+/t30-,31+,32-/m0/s1. The third kappa shape index (κ3) is 15.6. The van der Waals surface area contributed by atoms with Crippen LogP contribution in [0.4, 0.5) is 0 Å². The fraction of sp³-hybridized carbons (Fsp3) is 0.588. The number of cyclic esters (lactones) is 1. The van der Waals surface area contributed by atoms with Crippen LogP contribution in [0, 0.1) is 11.8 Å². The molecule has 0 spiro atoms. The van der Waals surface area contributed by atoms with Gasteiger partial charge in [-0.1, -0.05) is 106 Å². The van der Waals surface area contributed by atoms with Crippen LogP contribution in [-0.4, -0.2) is 24.1 Å². The molecule has 212 valence electrons. The highest BCUT2D eigenvalue weighted by Crippen LogP contribution is 2.22. The van der Waals surface area contributed by atoms with Crippen molar-refractivity contribution in [2.75, 3.05) is 0 Å². The molecule has 0 aromatic heterocycles. The van der Waals surface area contributed by atoms with E-state index in [1.165, 1.54) is 30.9 Å². The lowest BCUT2D eigenvalue weighted by Crippen LogP contribution is -2.26. The highest BCUT2D eigenvalue weighted by Gasteiger charge is 2.23. The van der Waals surface area contributed by atoms with Crippen molar-refractivity contribution in [1.82, 2.24) is 0 Å². The molecular weight excluding hydrogens is 472 g/mol. The maximum Gasteiger partial charge on any atom is 0.331 e. The van der Waals surface area contributed by atoms with Crippen molar-refractivity contribution in [2.45, 2.75) is 118 Å². The molecule has 0 amide bonds. The minimum Gasteiger partial charge on any atom is -0.462 e. The molecule has 4 heteroatoms. The minimum atomic E-state index is -0.349. The van der Waals surface area contributed by atoms with Gasteiger partial charge >= 0.3 is 11.9 Å². The van der Waals surface area contributed by atoms with E-state index in [0.29, 0.717) is 25.7 Å². The third-order valence-corrected chi connectivity index (χ3v) is 6.77. The molecule has 1 aliphatic heterocycles. The first-order chi connectivity index (χ1) is 18.1. The number of ether oxygens (including phenoxy) is 2. The van der Waals surface area contributed by atoms with Crippen LogP contribution >= 0.6 is 0 Å². The monoisotopic (exact) mass is 524 g/mol. The van der Waals surface area contributed by atoms with Crippen LogP contribution in [0.1, 0.15) is 106 Å². The fourth-order valence-corrected chi connectivity index (χ4v) is 4.27. The smallest absolute Gasteiger partial charge is 0.331 e. The molecule has 3 atom stereocenters. The maximum absolute atomic E-state index is 12.6. The summed E-state index contributed by atoms with van der Waals surface area (Å²) in [6, 6.07) is 0. The van der Waals surface area contributed by atoms with Gasteiger partial charge in [0.25, 0.3) is 0 Å². The van der Waals surface area contributed by atoms with Crippen molar-refractivity contribution >= 4 is 11.9 Å². The van der Waals surface area contributed by atoms with Gasteiger partial charge in [-0.2, -0.15) is 0 Å². The van der Waals surface area contributed by atoms with Crippen molar-refractivity contribution in [3.63, 3.8) is 0 Å². The summed E-state index contributed by atoms with van der Waals surface area (Å²) in [5.74, 6) is -0.0653. The molecule has 0 radical (unpaired) electrons.